The fraction of sp³-hybridized carbons (Fsp3) is 0.500. The zero-order valence-corrected chi connectivity index (χ0v) is 13.2. The topological polar surface area (TPSA) is 48.0 Å². The molecule has 4 nitrogen and oxygen atoms in total. The van der Waals surface area contributed by atoms with Crippen LogP contribution in [0.4, 0.5) is 8.78 Å². The molecule has 0 spiro atoms. The van der Waals surface area contributed by atoms with Crippen LogP contribution in [0.1, 0.15) is 37.1 Å². The Kier molecular flexibility index (Phi) is 4.53. The normalized spacial score (nSPS) is 18.2. The molecule has 124 valence electrons. The van der Waals surface area contributed by atoms with E-state index < -0.39 is 11.7 Å². The quantitative estimate of drug-likeness (QED) is 0.846. The van der Waals surface area contributed by atoms with Gasteiger partial charge in [0.1, 0.15) is 0 Å². The molecular weight excluding hydrogens is 326 g/mol. The Hall–Kier alpha value is -1.69. The second-order valence-corrected chi connectivity index (χ2v) is 6.45. The maximum atomic E-state index is 13.2. The molecule has 23 heavy (non-hydrogen) atoms. The third-order valence-electron chi connectivity index (χ3n) is 4.34. The summed E-state index contributed by atoms with van der Waals surface area (Å²) in [6, 6.07) is 7.30. The molecule has 0 aliphatic heterocycles. The highest BCUT2D eigenvalue weighted by atomic mass is 35.5. The smallest absolute Gasteiger partial charge is 0.296 e. The summed E-state index contributed by atoms with van der Waals surface area (Å²) in [4.78, 5) is 11.9. The Balaban J connectivity index is 1.75. The van der Waals surface area contributed by atoms with Crippen LogP contribution in [0.15, 0.2) is 33.6 Å². The third kappa shape index (κ3) is 3.80. The van der Waals surface area contributed by atoms with Gasteiger partial charge >= 0.3 is 5.76 Å². The number of hydrogen-bond donors (Lipinski definition) is 0. The minimum Gasteiger partial charge on any atom is -0.296 e. The highest BCUT2D eigenvalue weighted by molar-refractivity contribution is 6.31. The summed E-state index contributed by atoms with van der Waals surface area (Å²) in [6.07, 6.45) is 0.912. The molecule has 2 aromatic rings. The maximum absolute atomic E-state index is 13.2. The summed E-state index contributed by atoms with van der Waals surface area (Å²) < 4.78 is 32.7. The van der Waals surface area contributed by atoms with E-state index >= 15 is 0 Å². The number of hydrogen-bond acceptors (Lipinski definition) is 3. The minimum atomic E-state index is -2.57. The van der Waals surface area contributed by atoms with Crippen molar-refractivity contribution in [3.8, 4) is 0 Å². The first-order valence-electron chi connectivity index (χ1n) is 7.61. The van der Waals surface area contributed by atoms with Gasteiger partial charge in [-0.15, -0.1) is 0 Å². The second-order valence-electron chi connectivity index (χ2n) is 6.04. The van der Waals surface area contributed by atoms with Crippen molar-refractivity contribution in [3.05, 3.63) is 51.2 Å². The van der Waals surface area contributed by atoms with Crippen LogP contribution in [0.5, 0.6) is 0 Å². The van der Waals surface area contributed by atoms with Crippen LogP contribution < -0.4 is 5.76 Å². The SMILES string of the molecule is O=c1onc(Cc2ccccc2Cl)n1CC1CCC(F)(F)CC1. The van der Waals surface area contributed by atoms with E-state index in [1.54, 1.807) is 6.07 Å². The van der Waals surface area contributed by atoms with Crippen LogP contribution in [0.25, 0.3) is 0 Å². The Morgan fingerprint density at radius 3 is 2.70 bits per heavy atom. The van der Waals surface area contributed by atoms with Gasteiger partial charge in [-0.1, -0.05) is 35.0 Å². The summed E-state index contributed by atoms with van der Waals surface area (Å²) in [6.45, 7) is 0.359. The molecule has 1 aliphatic rings. The molecule has 0 radical (unpaired) electrons. The Morgan fingerprint density at radius 2 is 2.00 bits per heavy atom. The highest BCUT2D eigenvalue weighted by Crippen LogP contribution is 2.36. The van der Waals surface area contributed by atoms with Gasteiger partial charge in [-0.3, -0.25) is 9.09 Å². The molecule has 7 heteroatoms. The summed E-state index contributed by atoms with van der Waals surface area (Å²) in [5, 5.41) is 4.40. The van der Waals surface area contributed by atoms with Gasteiger partial charge in [0.15, 0.2) is 5.82 Å². The summed E-state index contributed by atoms with van der Waals surface area (Å²) in [7, 11) is 0. The van der Waals surface area contributed by atoms with Gasteiger partial charge in [0.2, 0.25) is 5.92 Å². The molecule has 3 rings (SSSR count). The van der Waals surface area contributed by atoms with E-state index in [1.165, 1.54) is 4.57 Å². The lowest BCUT2D eigenvalue weighted by Gasteiger charge is -2.28. The largest absolute Gasteiger partial charge is 0.441 e. The predicted octanol–water partition coefficient (Wildman–Crippen LogP) is 3.91. The second kappa shape index (κ2) is 6.43. The summed E-state index contributed by atoms with van der Waals surface area (Å²) in [5.74, 6) is -2.61. The zero-order chi connectivity index (χ0) is 16.4. The number of alkyl halides is 2. The number of aromatic nitrogens is 2. The van der Waals surface area contributed by atoms with E-state index in [4.69, 9.17) is 16.1 Å². The Bertz CT molecular complexity index is 732. The molecule has 0 atom stereocenters. The highest BCUT2D eigenvalue weighted by Gasteiger charge is 2.35. The number of halogens is 3. The maximum Gasteiger partial charge on any atom is 0.441 e. The van der Waals surface area contributed by atoms with Crippen molar-refractivity contribution in [2.45, 2.75) is 44.6 Å². The lowest BCUT2D eigenvalue weighted by molar-refractivity contribution is -0.0475. The number of rotatable bonds is 4. The molecule has 1 aliphatic carbocycles. The Labute approximate surface area is 137 Å². The average Bonchev–Trinajstić information content (AvgIpc) is 2.84. The molecule has 1 fully saturated rings. The molecule has 0 saturated heterocycles. The monoisotopic (exact) mass is 342 g/mol. The van der Waals surface area contributed by atoms with E-state index in [2.05, 4.69) is 5.16 Å². The van der Waals surface area contributed by atoms with Gasteiger partial charge in [0.25, 0.3) is 0 Å². The van der Waals surface area contributed by atoms with Crippen molar-refractivity contribution < 1.29 is 13.3 Å². The van der Waals surface area contributed by atoms with Crippen molar-refractivity contribution in [1.29, 1.82) is 0 Å². The molecule has 0 bridgehead atoms. The van der Waals surface area contributed by atoms with Crippen LogP contribution in [-0.4, -0.2) is 15.6 Å². The third-order valence-corrected chi connectivity index (χ3v) is 4.71. The Morgan fingerprint density at radius 1 is 1.30 bits per heavy atom. The number of nitrogens with zero attached hydrogens (tertiary/aromatic N) is 2. The summed E-state index contributed by atoms with van der Waals surface area (Å²) in [5.41, 5.74) is 0.839. The molecule has 1 saturated carbocycles. The van der Waals surface area contributed by atoms with Crippen molar-refractivity contribution in [3.63, 3.8) is 0 Å². The van der Waals surface area contributed by atoms with Gasteiger partial charge in [0.05, 0.1) is 0 Å². The van der Waals surface area contributed by atoms with Gasteiger partial charge in [0, 0.05) is 30.8 Å². The van der Waals surface area contributed by atoms with Gasteiger partial charge < -0.3 is 0 Å². The lowest BCUT2D eigenvalue weighted by atomic mass is 9.86. The lowest BCUT2D eigenvalue weighted by Crippen LogP contribution is -2.29. The van der Waals surface area contributed by atoms with E-state index in [9.17, 15) is 13.6 Å². The molecule has 0 unspecified atom stereocenters. The van der Waals surface area contributed by atoms with Crippen LogP contribution in [-0.2, 0) is 13.0 Å². The van der Waals surface area contributed by atoms with E-state index in [1.807, 2.05) is 18.2 Å². The first-order chi connectivity index (χ1) is 10.9. The minimum absolute atomic E-state index is 0.0386. The van der Waals surface area contributed by atoms with Crippen molar-refractivity contribution in [2.75, 3.05) is 0 Å². The molecule has 0 amide bonds. The first-order valence-corrected chi connectivity index (χ1v) is 7.99. The average molecular weight is 343 g/mol. The van der Waals surface area contributed by atoms with Crippen molar-refractivity contribution in [2.24, 2.45) is 5.92 Å². The van der Waals surface area contributed by atoms with Gasteiger partial charge in [-0.2, -0.15) is 0 Å². The van der Waals surface area contributed by atoms with Crippen LogP contribution in [0, 0.1) is 5.92 Å². The van der Waals surface area contributed by atoms with Crippen LogP contribution >= 0.6 is 11.6 Å². The van der Waals surface area contributed by atoms with Crippen molar-refractivity contribution in [1.82, 2.24) is 9.72 Å². The van der Waals surface area contributed by atoms with Crippen LogP contribution in [0.3, 0.4) is 0 Å². The number of benzene rings is 1. The fourth-order valence-corrected chi connectivity index (χ4v) is 3.16. The van der Waals surface area contributed by atoms with Gasteiger partial charge in [-0.25, -0.2) is 13.6 Å². The molecule has 0 N–H and O–H groups in total. The van der Waals surface area contributed by atoms with Gasteiger partial charge in [-0.05, 0) is 30.4 Å². The predicted molar refractivity (Wildman–Crippen MR) is 81.9 cm³/mol. The van der Waals surface area contributed by atoms with E-state index in [0.29, 0.717) is 36.7 Å². The standard InChI is InChI=1S/C16H17ClF2N2O2/c17-13-4-2-1-3-12(13)9-14-20-23-15(22)21(14)10-11-5-7-16(18,19)8-6-11/h1-4,11H,5-10H2. The zero-order valence-electron chi connectivity index (χ0n) is 12.5. The van der Waals surface area contributed by atoms with E-state index in [0.717, 1.165) is 5.56 Å². The first kappa shape index (κ1) is 16.2. The molecule has 1 aromatic carbocycles. The molecule has 1 heterocycles. The van der Waals surface area contributed by atoms with E-state index in [-0.39, 0.29) is 18.8 Å². The fourth-order valence-electron chi connectivity index (χ4n) is 2.96. The van der Waals surface area contributed by atoms with Crippen molar-refractivity contribution >= 4 is 11.6 Å². The molecule has 1 aromatic heterocycles. The van der Waals surface area contributed by atoms with Crippen LogP contribution in [0.2, 0.25) is 5.02 Å². The molecular formula is C16H17ClF2N2O2. The summed E-state index contributed by atoms with van der Waals surface area (Å²) >= 11 is 6.13.